The quantitative estimate of drug-likeness (QED) is 0.672. The summed E-state index contributed by atoms with van der Waals surface area (Å²) in [5.41, 5.74) is 0.367. The van der Waals surface area contributed by atoms with Gasteiger partial charge in [-0.1, -0.05) is 29.8 Å². The largest absolute Gasteiger partial charge is 0.454 e. The van der Waals surface area contributed by atoms with Gasteiger partial charge >= 0.3 is 5.97 Å². The molecule has 4 nitrogen and oxygen atoms in total. The lowest BCUT2D eigenvalue weighted by atomic mass is 9.48. The molecule has 5 atom stereocenters. The van der Waals surface area contributed by atoms with Crippen LogP contribution < -0.4 is 0 Å². The lowest BCUT2D eigenvalue weighted by Gasteiger charge is -2.58. The molecular formula is C21H26O4. The zero-order chi connectivity index (χ0) is 17.8. The zero-order valence-electron chi connectivity index (χ0n) is 15.0. The van der Waals surface area contributed by atoms with E-state index < -0.39 is 17.1 Å². The molecular weight excluding hydrogens is 316 g/mol. The Morgan fingerprint density at radius 2 is 1.72 bits per heavy atom. The number of ether oxygens (including phenoxy) is 1. The Hall–Kier alpha value is -1.68. The van der Waals surface area contributed by atoms with E-state index in [1.807, 2.05) is 19.1 Å². The highest BCUT2D eigenvalue weighted by Crippen LogP contribution is 2.62. The van der Waals surface area contributed by atoms with Gasteiger partial charge in [-0.15, -0.1) is 0 Å². The highest BCUT2D eigenvalue weighted by molar-refractivity contribution is 6.00. The molecule has 2 unspecified atom stereocenters. The summed E-state index contributed by atoms with van der Waals surface area (Å²) in [4.78, 5) is 25.5. The minimum Gasteiger partial charge on any atom is -0.454 e. The molecule has 0 amide bonds. The number of rotatable bonds is 4. The monoisotopic (exact) mass is 342 g/mol. The second-order valence-corrected chi connectivity index (χ2v) is 8.74. The van der Waals surface area contributed by atoms with E-state index in [0.29, 0.717) is 23.8 Å². The van der Waals surface area contributed by atoms with Gasteiger partial charge in [-0.3, -0.25) is 9.59 Å². The van der Waals surface area contributed by atoms with Crippen LogP contribution in [0, 0.1) is 24.2 Å². The molecule has 25 heavy (non-hydrogen) atoms. The van der Waals surface area contributed by atoms with Gasteiger partial charge in [0.15, 0.2) is 6.10 Å². The van der Waals surface area contributed by atoms with E-state index >= 15 is 0 Å². The van der Waals surface area contributed by atoms with Crippen molar-refractivity contribution in [1.82, 2.24) is 0 Å². The summed E-state index contributed by atoms with van der Waals surface area (Å²) in [5, 5.41) is 10.8. The molecule has 4 saturated carbocycles. The van der Waals surface area contributed by atoms with Crippen molar-refractivity contribution in [2.24, 2.45) is 17.3 Å². The molecule has 134 valence electrons. The zero-order valence-corrected chi connectivity index (χ0v) is 15.0. The third-order valence-electron chi connectivity index (χ3n) is 6.45. The van der Waals surface area contributed by atoms with Gasteiger partial charge in [-0.25, -0.2) is 0 Å². The molecule has 1 N–H and O–H groups in total. The molecule has 1 aromatic carbocycles. The molecule has 0 saturated heterocycles. The minimum absolute atomic E-state index is 0.170. The Morgan fingerprint density at radius 3 is 2.28 bits per heavy atom. The first kappa shape index (κ1) is 16.8. The lowest BCUT2D eigenvalue weighted by Crippen LogP contribution is -2.58. The number of benzene rings is 1. The number of Topliss-reactive ketones (excluding diaryl/α,β-unsaturated/α-hetero) is 1. The summed E-state index contributed by atoms with van der Waals surface area (Å²) in [6.07, 6.45) is 4.06. The maximum Gasteiger partial charge on any atom is 0.312 e. The van der Waals surface area contributed by atoms with Crippen LogP contribution in [0.1, 0.15) is 61.4 Å². The van der Waals surface area contributed by atoms with E-state index in [1.54, 1.807) is 19.1 Å². The summed E-state index contributed by atoms with van der Waals surface area (Å²) >= 11 is 0. The SMILES string of the molecule is Cc1ccc(C(=O)[C@H](C)OC(=O)C23C[C@@H]4C[C@@H](CC(O)(C4)C2)C3)cc1. The third-order valence-corrected chi connectivity index (χ3v) is 6.45. The van der Waals surface area contributed by atoms with Crippen LogP contribution in [0.2, 0.25) is 0 Å². The van der Waals surface area contributed by atoms with Crippen molar-refractivity contribution in [3.05, 3.63) is 35.4 Å². The van der Waals surface area contributed by atoms with Crippen molar-refractivity contribution in [1.29, 1.82) is 0 Å². The average Bonchev–Trinajstić information content (AvgIpc) is 2.52. The molecule has 4 fully saturated rings. The fraction of sp³-hybridized carbons (Fsp3) is 0.619. The second-order valence-electron chi connectivity index (χ2n) is 8.74. The molecule has 4 aliphatic carbocycles. The lowest BCUT2D eigenvalue weighted by molar-refractivity contribution is -0.197. The van der Waals surface area contributed by atoms with E-state index in [9.17, 15) is 14.7 Å². The Bertz CT molecular complexity index is 691. The maximum atomic E-state index is 13.0. The molecule has 5 rings (SSSR count). The normalized spacial score (nSPS) is 36.9. The van der Waals surface area contributed by atoms with Crippen molar-refractivity contribution in [3.63, 3.8) is 0 Å². The number of aryl methyl sites for hydroxylation is 1. The molecule has 4 bridgehead atoms. The van der Waals surface area contributed by atoms with Crippen molar-refractivity contribution in [3.8, 4) is 0 Å². The first-order valence-electron chi connectivity index (χ1n) is 9.33. The van der Waals surface area contributed by atoms with E-state index in [1.165, 1.54) is 0 Å². The number of hydrogen-bond donors (Lipinski definition) is 1. The van der Waals surface area contributed by atoms with Crippen molar-refractivity contribution in [2.75, 3.05) is 0 Å². The van der Waals surface area contributed by atoms with Gasteiger partial charge in [0.05, 0.1) is 11.0 Å². The van der Waals surface area contributed by atoms with E-state index in [0.717, 1.165) is 37.7 Å². The molecule has 4 aliphatic rings. The van der Waals surface area contributed by atoms with Crippen LogP contribution in [0.4, 0.5) is 0 Å². The summed E-state index contributed by atoms with van der Waals surface area (Å²) in [5.74, 6) is 0.383. The fourth-order valence-electron chi connectivity index (χ4n) is 5.74. The predicted molar refractivity (Wildman–Crippen MR) is 93.1 cm³/mol. The van der Waals surface area contributed by atoms with E-state index in [4.69, 9.17) is 4.74 Å². The molecule has 0 heterocycles. The van der Waals surface area contributed by atoms with Gasteiger partial charge in [0.25, 0.3) is 0 Å². The van der Waals surface area contributed by atoms with Crippen LogP contribution in [-0.2, 0) is 9.53 Å². The molecule has 4 heteroatoms. The van der Waals surface area contributed by atoms with Crippen molar-refractivity contribution >= 4 is 11.8 Å². The topological polar surface area (TPSA) is 63.6 Å². The summed E-state index contributed by atoms with van der Waals surface area (Å²) in [7, 11) is 0. The average molecular weight is 342 g/mol. The van der Waals surface area contributed by atoms with Crippen LogP contribution in [0.15, 0.2) is 24.3 Å². The summed E-state index contributed by atoms with van der Waals surface area (Å²) < 4.78 is 5.63. The van der Waals surface area contributed by atoms with Crippen LogP contribution in [0.3, 0.4) is 0 Å². The Kier molecular flexibility index (Phi) is 3.80. The smallest absolute Gasteiger partial charge is 0.312 e. The second kappa shape index (κ2) is 5.66. The molecule has 0 aromatic heterocycles. The van der Waals surface area contributed by atoms with Gasteiger partial charge in [-0.05, 0) is 64.2 Å². The molecule has 0 aliphatic heterocycles. The van der Waals surface area contributed by atoms with Crippen LogP contribution >= 0.6 is 0 Å². The van der Waals surface area contributed by atoms with E-state index in [2.05, 4.69) is 0 Å². The number of esters is 1. The number of hydrogen-bond acceptors (Lipinski definition) is 4. The number of aliphatic hydroxyl groups is 1. The Balaban J connectivity index is 1.48. The van der Waals surface area contributed by atoms with Gasteiger partial charge in [0.2, 0.25) is 5.78 Å². The molecule has 0 spiro atoms. The third kappa shape index (κ3) is 2.91. The fourth-order valence-corrected chi connectivity index (χ4v) is 5.74. The van der Waals surface area contributed by atoms with Crippen LogP contribution in [-0.4, -0.2) is 28.6 Å². The maximum absolute atomic E-state index is 13.0. The van der Waals surface area contributed by atoms with Crippen molar-refractivity contribution < 1.29 is 19.4 Å². The van der Waals surface area contributed by atoms with Gasteiger partial charge < -0.3 is 9.84 Å². The van der Waals surface area contributed by atoms with Crippen LogP contribution in [0.25, 0.3) is 0 Å². The first-order valence-corrected chi connectivity index (χ1v) is 9.33. The van der Waals surface area contributed by atoms with Gasteiger partial charge in [-0.2, -0.15) is 0 Å². The molecule has 0 radical (unpaired) electrons. The highest BCUT2D eigenvalue weighted by atomic mass is 16.5. The Morgan fingerprint density at radius 1 is 1.12 bits per heavy atom. The van der Waals surface area contributed by atoms with Crippen molar-refractivity contribution in [2.45, 2.75) is 64.1 Å². The first-order chi connectivity index (χ1) is 11.8. The number of carbonyl (C=O) groups excluding carboxylic acids is 2. The Labute approximate surface area is 148 Å². The number of ketones is 1. The number of carbonyl (C=O) groups is 2. The van der Waals surface area contributed by atoms with Gasteiger partial charge in [0.1, 0.15) is 0 Å². The summed E-state index contributed by atoms with van der Waals surface area (Å²) in [6.45, 7) is 3.62. The highest BCUT2D eigenvalue weighted by Gasteiger charge is 2.61. The van der Waals surface area contributed by atoms with Crippen LogP contribution in [0.5, 0.6) is 0 Å². The standard InChI is InChI=1S/C21H26O4/c1-13-3-5-17(6-4-13)18(22)14(2)25-19(23)20-8-15-7-16(9-20)11-21(24,10-15)12-20/h3-6,14-16,24H,7-12H2,1-2H3/t14-,15-,16+,20?,21?/m0/s1. The van der Waals surface area contributed by atoms with Gasteiger partial charge in [0, 0.05) is 5.56 Å². The van der Waals surface area contributed by atoms with E-state index in [-0.39, 0.29) is 11.8 Å². The summed E-state index contributed by atoms with van der Waals surface area (Å²) in [6, 6.07) is 7.32. The predicted octanol–water partition coefficient (Wildman–Crippen LogP) is 3.44. The minimum atomic E-state index is -0.794. The molecule has 1 aromatic rings.